The minimum Gasteiger partial charge on any atom is -0.481 e. The molecule has 1 unspecified atom stereocenters. The van der Waals surface area contributed by atoms with Crippen molar-refractivity contribution in [3.05, 3.63) is 27.1 Å². The van der Waals surface area contributed by atoms with Crippen LogP contribution in [-0.2, 0) is 14.8 Å². The summed E-state index contributed by atoms with van der Waals surface area (Å²) in [6.07, 6.45) is 1.02. The molecule has 0 radical (unpaired) electrons. The average molecular weight is 441 g/mol. The van der Waals surface area contributed by atoms with Crippen LogP contribution < -0.4 is 0 Å². The Morgan fingerprint density at radius 2 is 2.05 bits per heavy atom. The molecule has 1 N–H and O–H groups in total. The molecule has 5 nitrogen and oxygen atoms in total. The van der Waals surface area contributed by atoms with E-state index in [9.17, 15) is 18.3 Å². The Labute approximate surface area is 140 Å². The smallest absolute Gasteiger partial charge is 0.310 e. The minimum atomic E-state index is -3.71. The SMILES string of the molecule is CC1(C(=O)O)CCCN(S(=O)(=O)c2ccc(Br)cc2Br)C1. The topological polar surface area (TPSA) is 74.7 Å². The molecule has 0 bridgehead atoms. The normalized spacial score (nSPS) is 24.0. The van der Waals surface area contributed by atoms with Crippen LogP contribution in [0, 0.1) is 5.41 Å². The monoisotopic (exact) mass is 439 g/mol. The van der Waals surface area contributed by atoms with Crippen LogP contribution in [0.1, 0.15) is 19.8 Å². The van der Waals surface area contributed by atoms with Gasteiger partial charge < -0.3 is 5.11 Å². The quantitative estimate of drug-likeness (QED) is 0.783. The number of rotatable bonds is 3. The van der Waals surface area contributed by atoms with E-state index in [1.54, 1.807) is 19.1 Å². The van der Waals surface area contributed by atoms with Gasteiger partial charge in [0.2, 0.25) is 10.0 Å². The Morgan fingerprint density at radius 1 is 1.38 bits per heavy atom. The van der Waals surface area contributed by atoms with Gasteiger partial charge in [-0.3, -0.25) is 4.79 Å². The van der Waals surface area contributed by atoms with E-state index in [2.05, 4.69) is 31.9 Å². The third-order valence-electron chi connectivity index (χ3n) is 3.69. The van der Waals surface area contributed by atoms with Crippen molar-refractivity contribution in [1.82, 2.24) is 4.31 Å². The van der Waals surface area contributed by atoms with Crippen LogP contribution in [-0.4, -0.2) is 36.9 Å². The summed E-state index contributed by atoms with van der Waals surface area (Å²) >= 11 is 6.53. The largest absolute Gasteiger partial charge is 0.481 e. The zero-order chi connectivity index (χ0) is 15.8. The molecule has 2 rings (SSSR count). The summed E-state index contributed by atoms with van der Waals surface area (Å²) in [5.74, 6) is -0.961. The zero-order valence-corrected chi connectivity index (χ0v) is 15.3. The number of halogens is 2. The van der Waals surface area contributed by atoms with E-state index in [0.717, 1.165) is 4.47 Å². The fraction of sp³-hybridized carbons (Fsp3) is 0.462. The first-order valence-electron chi connectivity index (χ1n) is 6.35. The highest BCUT2D eigenvalue weighted by Crippen LogP contribution is 2.35. The molecule has 1 aromatic carbocycles. The van der Waals surface area contributed by atoms with Gasteiger partial charge in [0.05, 0.1) is 10.3 Å². The van der Waals surface area contributed by atoms with Gasteiger partial charge in [0.15, 0.2) is 0 Å². The molecule has 21 heavy (non-hydrogen) atoms. The number of hydrogen-bond donors (Lipinski definition) is 1. The lowest BCUT2D eigenvalue weighted by Crippen LogP contribution is -2.48. The first-order chi connectivity index (χ1) is 9.67. The summed E-state index contributed by atoms with van der Waals surface area (Å²) in [5, 5.41) is 9.31. The maximum atomic E-state index is 12.7. The summed E-state index contributed by atoms with van der Waals surface area (Å²) < 4.78 is 27.9. The second-order valence-electron chi connectivity index (χ2n) is 5.38. The Bertz CT molecular complexity index is 677. The number of benzene rings is 1. The third-order valence-corrected chi connectivity index (χ3v) is 7.00. The molecule has 0 saturated carbocycles. The molecule has 1 atom stereocenters. The molecule has 0 aromatic heterocycles. The van der Waals surface area contributed by atoms with Crippen LogP contribution in [0.5, 0.6) is 0 Å². The van der Waals surface area contributed by atoms with E-state index < -0.39 is 21.4 Å². The molecule has 1 aromatic rings. The van der Waals surface area contributed by atoms with Crippen molar-refractivity contribution < 1.29 is 18.3 Å². The molecule has 1 aliphatic rings. The zero-order valence-electron chi connectivity index (χ0n) is 11.3. The highest BCUT2D eigenvalue weighted by atomic mass is 79.9. The van der Waals surface area contributed by atoms with Crippen molar-refractivity contribution in [2.24, 2.45) is 5.41 Å². The molecular formula is C13H15Br2NO4S. The van der Waals surface area contributed by atoms with Crippen LogP contribution in [0.15, 0.2) is 32.0 Å². The van der Waals surface area contributed by atoms with E-state index in [0.29, 0.717) is 23.9 Å². The van der Waals surface area contributed by atoms with Crippen LogP contribution in [0.3, 0.4) is 0 Å². The number of nitrogens with zero attached hydrogens (tertiary/aromatic N) is 1. The van der Waals surface area contributed by atoms with Gasteiger partial charge in [-0.25, -0.2) is 8.42 Å². The van der Waals surface area contributed by atoms with Crippen LogP contribution in [0.4, 0.5) is 0 Å². The van der Waals surface area contributed by atoms with E-state index in [-0.39, 0.29) is 11.4 Å². The summed E-state index contributed by atoms with van der Waals surface area (Å²) in [6, 6.07) is 4.82. The second kappa shape index (κ2) is 5.98. The van der Waals surface area contributed by atoms with Gasteiger partial charge in [-0.2, -0.15) is 4.31 Å². The Balaban J connectivity index is 2.37. The standard InChI is InChI=1S/C13H15Br2NO4S/c1-13(12(17)18)5-2-6-16(8-13)21(19,20)11-4-3-9(14)7-10(11)15/h3-4,7H,2,5-6,8H2,1H3,(H,17,18). The molecule has 0 amide bonds. The molecule has 116 valence electrons. The molecule has 1 aliphatic heterocycles. The lowest BCUT2D eigenvalue weighted by Gasteiger charge is -2.36. The first kappa shape index (κ1) is 16.9. The second-order valence-corrected chi connectivity index (χ2v) is 9.06. The lowest BCUT2D eigenvalue weighted by atomic mass is 9.83. The number of sulfonamides is 1. The summed E-state index contributed by atoms with van der Waals surface area (Å²) in [5.41, 5.74) is -1.03. The van der Waals surface area contributed by atoms with Gasteiger partial charge in [-0.15, -0.1) is 0 Å². The number of carboxylic acid groups (broad SMARTS) is 1. The van der Waals surface area contributed by atoms with Crippen LogP contribution in [0.25, 0.3) is 0 Å². The van der Waals surface area contributed by atoms with Crippen LogP contribution >= 0.6 is 31.9 Å². The maximum absolute atomic E-state index is 12.7. The fourth-order valence-corrected chi connectivity index (χ4v) is 5.70. The summed E-state index contributed by atoms with van der Waals surface area (Å²) in [6.45, 7) is 1.93. The Morgan fingerprint density at radius 3 is 2.62 bits per heavy atom. The van der Waals surface area contributed by atoms with E-state index in [1.807, 2.05) is 0 Å². The Kier molecular flexibility index (Phi) is 4.82. The number of carbonyl (C=O) groups is 1. The van der Waals surface area contributed by atoms with Gasteiger partial charge in [0.1, 0.15) is 0 Å². The highest BCUT2D eigenvalue weighted by molar-refractivity contribution is 9.11. The lowest BCUT2D eigenvalue weighted by molar-refractivity contribution is -0.150. The van der Waals surface area contributed by atoms with Crippen molar-refractivity contribution in [2.75, 3.05) is 13.1 Å². The first-order valence-corrected chi connectivity index (χ1v) is 9.38. The molecule has 1 heterocycles. The molecule has 1 saturated heterocycles. The van der Waals surface area contributed by atoms with Crippen molar-refractivity contribution in [3.63, 3.8) is 0 Å². The van der Waals surface area contributed by atoms with Gasteiger partial charge in [0, 0.05) is 22.0 Å². The molecule has 1 fully saturated rings. The number of aliphatic carboxylic acids is 1. The highest BCUT2D eigenvalue weighted by Gasteiger charge is 2.42. The minimum absolute atomic E-state index is 0.00678. The third kappa shape index (κ3) is 3.33. The van der Waals surface area contributed by atoms with Gasteiger partial charge in [-0.05, 0) is 53.9 Å². The average Bonchev–Trinajstić information content (AvgIpc) is 2.38. The van der Waals surface area contributed by atoms with Gasteiger partial charge in [-0.1, -0.05) is 15.9 Å². The van der Waals surface area contributed by atoms with E-state index >= 15 is 0 Å². The van der Waals surface area contributed by atoms with Crippen LogP contribution in [0.2, 0.25) is 0 Å². The van der Waals surface area contributed by atoms with E-state index in [4.69, 9.17) is 0 Å². The van der Waals surface area contributed by atoms with Gasteiger partial charge in [0.25, 0.3) is 0 Å². The van der Waals surface area contributed by atoms with Gasteiger partial charge >= 0.3 is 5.97 Å². The predicted molar refractivity (Wildman–Crippen MR) is 85.6 cm³/mol. The predicted octanol–water partition coefficient (Wildman–Crippen LogP) is 3.09. The fourth-order valence-electron chi connectivity index (χ4n) is 2.40. The maximum Gasteiger partial charge on any atom is 0.310 e. The molecule has 0 spiro atoms. The molecule has 0 aliphatic carbocycles. The van der Waals surface area contributed by atoms with E-state index in [1.165, 1.54) is 10.4 Å². The number of piperidine rings is 1. The van der Waals surface area contributed by atoms with Crippen molar-refractivity contribution in [3.8, 4) is 0 Å². The number of hydrogen-bond acceptors (Lipinski definition) is 3. The van der Waals surface area contributed by atoms with Crippen molar-refractivity contribution in [2.45, 2.75) is 24.7 Å². The molecular weight excluding hydrogens is 426 g/mol. The summed E-state index contributed by atoms with van der Waals surface area (Å²) in [4.78, 5) is 11.5. The van der Waals surface area contributed by atoms with Crippen molar-refractivity contribution in [1.29, 1.82) is 0 Å². The van der Waals surface area contributed by atoms with Crippen molar-refractivity contribution >= 4 is 47.9 Å². The Hall–Kier alpha value is -0.440. The number of carboxylic acids is 1. The molecule has 8 heteroatoms. The summed E-state index contributed by atoms with van der Waals surface area (Å²) in [7, 11) is -3.71.